The number of fused-ring (bicyclic) bond motifs is 12. The van der Waals surface area contributed by atoms with Crippen LogP contribution in [0.25, 0.3) is 0 Å². The Balaban J connectivity index is 0.000000135. The van der Waals surface area contributed by atoms with Crippen molar-refractivity contribution in [3.05, 3.63) is 166 Å². The smallest absolute Gasteiger partial charge is 0.340 e. The van der Waals surface area contributed by atoms with E-state index in [1.807, 2.05) is 24.3 Å². The molecule has 10 heteroatoms. The highest BCUT2D eigenvalue weighted by Gasteiger charge is 2.55. The van der Waals surface area contributed by atoms with Gasteiger partial charge in [-0.1, -0.05) is 36.4 Å². The predicted molar refractivity (Wildman–Crippen MR) is 176 cm³/mol. The fraction of sp³-hybridized carbons (Fsp3) is 0.0500. The molecule has 6 aromatic carbocycles. The monoisotopic (exact) mass is 664 g/mol. The molecular formula is C40H24O10. The molecule has 4 N–H and O–H groups in total. The summed E-state index contributed by atoms with van der Waals surface area (Å²) in [6, 6.07) is 33.2. The number of esters is 2. The number of carbonyl (C=O) groups is 2. The second kappa shape index (κ2) is 10.3. The number of phenolic OH excluding ortho intramolecular Hbond substituents is 4. The summed E-state index contributed by atoms with van der Waals surface area (Å²) < 4.78 is 23.6. The summed E-state index contributed by atoms with van der Waals surface area (Å²) in [5.41, 5.74) is 2.57. The number of ether oxygens (including phenoxy) is 4. The minimum Gasteiger partial charge on any atom is -0.508 e. The molecule has 2 spiro atoms. The van der Waals surface area contributed by atoms with Gasteiger partial charge in [0.05, 0.1) is 11.1 Å². The molecule has 6 aromatic rings. The van der Waals surface area contributed by atoms with Crippen LogP contribution in [0.2, 0.25) is 0 Å². The lowest BCUT2D eigenvalue weighted by molar-refractivity contribution is 0.0214. The van der Waals surface area contributed by atoms with E-state index < -0.39 is 23.1 Å². The third kappa shape index (κ3) is 3.96. The van der Waals surface area contributed by atoms with Crippen molar-refractivity contribution in [3.8, 4) is 46.0 Å². The van der Waals surface area contributed by atoms with Gasteiger partial charge in [-0.05, 0) is 60.7 Å². The van der Waals surface area contributed by atoms with E-state index in [4.69, 9.17) is 18.9 Å². The van der Waals surface area contributed by atoms with E-state index in [2.05, 4.69) is 0 Å². The topological polar surface area (TPSA) is 152 Å². The van der Waals surface area contributed by atoms with Crippen LogP contribution in [-0.4, -0.2) is 32.4 Å². The molecule has 0 amide bonds. The first-order valence-corrected chi connectivity index (χ1v) is 15.5. The highest BCUT2D eigenvalue weighted by atomic mass is 16.6. The van der Waals surface area contributed by atoms with Gasteiger partial charge >= 0.3 is 11.9 Å². The maximum atomic E-state index is 12.5. The predicted octanol–water partition coefficient (Wildman–Crippen LogP) is 7.33. The third-order valence-corrected chi connectivity index (χ3v) is 9.36. The Hall–Kier alpha value is -6.94. The van der Waals surface area contributed by atoms with Crippen molar-refractivity contribution in [2.75, 3.05) is 0 Å². The molecular weight excluding hydrogens is 640 g/mol. The largest absolute Gasteiger partial charge is 0.508 e. The summed E-state index contributed by atoms with van der Waals surface area (Å²) in [6.07, 6.45) is 0. The van der Waals surface area contributed by atoms with Gasteiger partial charge < -0.3 is 39.4 Å². The van der Waals surface area contributed by atoms with Crippen molar-refractivity contribution >= 4 is 11.9 Å². The fourth-order valence-corrected chi connectivity index (χ4v) is 7.31. The van der Waals surface area contributed by atoms with Crippen molar-refractivity contribution < 1.29 is 49.0 Å². The van der Waals surface area contributed by atoms with E-state index in [1.165, 1.54) is 48.5 Å². The van der Waals surface area contributed by atoms with Gasteiger partial charge in [0.1, 0.15) is 46.0 Å². The van der Waals surface area contributed by atoms with E-state index in [9.17, 15) is 30.0 Å². The van der Waals surface area contributed by atoms with Gasteiger partial charge in [0.25, 0.3) is 0 Å². The Bertz CT molecular complexity index is 2170. The molecule has 0 unspecified atom stereocenters. The van der Waals surface area contributed by atoms with Crippen molar-refractivity contribution in [2.45, 2.75) is 11.2 Å². The second-order valence-electron chi connectivity index (χ2n) is 12.2. The van der Waals surface area contributed by atoms with Crippen LogP contribution >= 0.6 is 0 Å². The van der Waals surface area contributed by atoms with Gasteiger partial charge in [-0.2, -0.15) is 0 Å². The van der Waals surface area contributed by atoms with Crippen molar-refractivity contribution in [3.63, 3.8) is 0 Å². The molecule has 10 nitrogen and oxygen atoms in total. The minimum absolute atomic E-state index is 0.0371. The molecule has 0 fully saturated rings. The third-order valence-electron chi connectivity index (χ3n) is 9.36. The summed E-state index contributed by atoms with van der Waals surface area (Å²) in [4.78, 5) is 25.1. The first kappa shape index (κ1) is 29.2. The molecule has 0 bridgehead atoms. The summed E-state index contributed by atoms with van der Waals surface area (Å²) in [5.74, 6) is 0.817. The standard InChI is InChI=1S/2C20H12O5/c2*21-11-5-7-15-17(9-11)24-18-10-12(22)6-8-16(18)20(15)14-4-2-1-3-13(14)19(23)25-20/h2*1-10,21-22H. The van der Waals surface area contributed by atoms with E-state index in [0.29, 0.717) is 67.5 Å². The minimum atomic E-state index is -1.17. The van der Waals surface area contributed by atoms with Crippen LogP contribution in [0.15, 0.2) is 121 Å². The molecule has 4 heterocycles. The van der Waals surface area contributed by atoms with Crippen LogP contribution in [0.1, 0.15) is 54.1 Å². The van der Waals surface area contributed by atoms with E-state index in [-0.39, 0.29) is 23.0 Å². The van der Waals surface area contributed by atoms with Crippen LogP contribution in [0.3, 0.4) is 0 Å². The molecule has 0 saturated heterocycles. The molecule has 244 valence electrons. The molecule has 4 aliphatic rings. The van der Waals surface area contributed by atoms with Crippen LogP contribution in [0.5, 0.6) is 46.0 Å². The number of carbonyl (C=O) groups excluding carboxylic acids is 2. The molecule has 0 saturated carbocycles. The zero-order valence-corrected chi connectivity index (χ0v) is 25.8. The van der Waals surface area contributed by atoms with Gasteiger partial charge in [0.15, 0.2) is 11.2 Å². The Kier molecular flexibility index (Phi) is 6.01. The van der Waals surface area contributed by atoms with Crippen LogP contribution in [-0.2, 0) is 20.7 Å². The van der Waals surface area contributed by atoms with Gasteiger partial charge in [-0.25, -0.2) is 9.59 Å². The summed E-state index contributed by atoms with van der Waals surface area (Å²) in [6.45, 7) is 0. The average Bonchev–Trinajstić information content (AvgIpc) is 3.56. The zero-order chi connectivity index (χ0) is 34.4. The highest BCUT2D eigenvalue weighted by molar-refractivity contribution is 5.98. The van der Waals surface area contributed by atoms with Crippen molar-refractivity contribution in [1.82, 2.24) is 0 Å². The number of aromatic hydroxyl groups is 4. The van der Waals surface area contributed by atoms with Gasteiger partial charge in [0, 0.05) is 57.6 Å². The lowest BCUT2D eigenvalue weighted by Crippen LogP contribution is -2.32. The lowest BCUT2D eigenvalue weighted by atomic mass is 9.77. The SMILES string of the molecule is O=C1OC2(c3ccc(O)cc3Oc3cc(O)ccc32)c2ccccc21.O=C1OC2(c3ccc(O)cc3Oc3cc(O)ccc32)c2ccccc21. The number of rotatable bonds is 0. The Morgan fingerprint density at radius 3 is 1.00 bits per heavy atom. The number of phenols is 4. The maximum Gasteiger partial charge on any atom is 0.340 e. The Morgan fingerprint density at radius 1 is 0.380 bits per heavy atom. The van der Waals surface area contributed by atoms with Crippen LogP contribution in [0.4, 0.5) is 0 Å². The first-order chi connectivity index (χ1) is 24.2. The Morgan fingerprint density at radius 2 is 0.680 bits per heavy atom. The summed E-state index contributed by atoms with van der Waals surface area (Å²) >= 11 is 0. The maximum absolute atomic E-state index is 12.5. The summed E-state index contributed by atoms with van der Waals surface area (Å²) in [7, 11) is 0. The molecule has 10 rings (SSSR count). The van der Waals surface area contributed by atoms with Gasteiger partial charge in [0.2, 0.25) is 0 Å². The molecule has 0 aromatic heterocycles. The molecule has 0 radical (unpaired) electrons. The zero-order valence-electron chi connectivity index (χ0n) is 25.8. The fourth-order valence-electron chi connectivity index (χ4n) is 7.31. The average molecular weight is 665 g/mol. The van der Waals surface area contributed by atoms with E-state index in [1.54, 1.807) is 48.5 Å². The van der Waals surface area contributed by atoms with E-state index >= 15 is 0 Å². The number of hydrogen-bond acceptors (Lipinski definition) is 10. The first-order valence-electron chi connectivity index (χ1n) is 15.5. The van der Waals surface area contributed by atoms with Crippen LogP contribution in [0, 0.1) is 0 Å². The highest BCUT2D eigenvalue weighted by Crippen LogP contribution is 2.58. The number of hydrogen-bond donors (Lipinski definition) is 4. The number of benzene rings is 6. The quantitative estimate of drug-likeness (QED) is 0.121. The second-order valence-corrected chi connectivity index (χ2v) is 12.2. The molecule has 0 atom stereocenters. The van der Waals surface area contributed by atoms with E-state index in [0.717, 1.165) is 0 Å². The summed E-state index contributed by atoms with van der Waals surface area (Å²) in [5, 5.41) is 39.3. The molecule has 4 aliphatic heterocycles. The van der Waals surface area contributed by atoms with Crippen molar-refractivity contribution in [2.24, 2.45) is 0 Å². The van der Waals surface area contributed by atoms with Crippen molar-refractivity contribution in [1.29, 1.82) is 0 Å². The lowest BCUT2D eigenvalue weighted by Gasteiger charge is -2.36. The van der Waals surface area contributed by atoms with Gasteiger partial charge in [-0.15, -0.1) is 0 Å². The Labute approximate surface area is 283 Å². The van der Waals surface area contributed by atoms with Crippen LogP contribution < -0.4 is 9.47 Å². The molecule has 0 aliphatic carbocycles. The molecule has 50 heavy (non-hydrogen) atoms. The normalized spacial score (nSPS) is 15.8. The van der Waals surface area contributed by atoms with Gasteiger partial charge in [-0.3, -0.25) is 0 Å².